The summed E-state index contributed by atoms with van der Waals surface area (Å²) in [7, 11) is 4.01. The summed E-state index contributed by atoms with van der Waals surface area (Å²) < 4.78 is 0. The van der Waals surface area contributed by atoms with Gasteiger partial charge in [0.25, 0.3) is 0 Å². The summed E-state index contributed by atoms with van der Waals surface area (Å²) in [6.45, 7) is 0. The van der Waals surface area contributed by atoms with Crippen LogP contribution in [-0.4, -0.2) is 38.3 Å². The molecule has 3 heteroatoms. The largest absolute Gasteiger partial charge is 0.301 e. The van der Waals surface area contributed by atoms with Crippen LogP contribution in [-0.2, 0) is 0 Å². The van der Waals surface area contributed by atoms with Gasteiger partial charge in [0.05, 0.1) is 6.04 Å². The molecule has 1 aromatic carbocycles. The van der Waals surface area contributed by atoms with Crippen LogP contribution >= 0.6 is 0 Å². The molecule has 0 N–H and O–H groups in total. The van der Waals surface area contributed by atoms with E-state index >= 15 is 0 Å². The van der Waals surface area contributed by atoms with Crippen molar-refractivity contribution in [2.75, 3.05) is 14.1 Å². The summed E-state index contributed by atoms with van der Waals surface area (Å²) in [5.41, 5.74) is 2.79. The smallest absolute Gasteiger partial charge is 0.0562 e. The molecule has 4 rings (SSSR count). The molecule has 0 bridgehead atoms. The van der Waals surface area contributed by atoms with E-state index in [0.717, 1.165) is 5.92 Å². The van der Waals surface area contributed by atoms with E-state index in [0.29, 0.717) is 29.7 Å². The van der Waals surface area contributed by atoms with Crippen molar-refractivity contribution in [1.29, 1.82) is 0 Å². The second-order valence-corrected chi connectivity index (χ2v) is 10.8. The fourth-order valence-electron chi connectivity index (χ4n) is 7.20. The third-order valence-corrected chi connectivity index (χ3v) is 8.71. The summed E-state index contributed by atoms with van der Waals surface area (Å²) in [6.07, 6.45) is 21.8. The molecule has 3 aliphatic rings. The van der Waals surface area contributed by atoms with E-state index in [4.69, 9.17) is 9.98 Å². The molecule has 0 radical (unpaired) electrons. The summed E-state index contributed by atoms with van der Waals surface area (Å²) in [5, 5.41) is 0. The highest BCUT2D eigenvalue weighted by Crippen LogP contribution is 2.44. The fraction of sp³-hybridized carbons (Fsp3) is 0.700. The highest BCUT2D eigenvalue weighted by molar-refractivity contribution is 5.89. The van der Waals surface area contributed by atoms with Crippen LogP contribution in [0.15, 0.2) is 45.3 Å². The molecule has 0 aliphatic heterocycles. The van der Waals surface area contributed by atoms with Crippen LogP contribution in [0.2, 0.25) is 0 Å². The first-order valence-corrected chi connectivity index (χ1v) is 13.8. The van der Waals surface area contributed by atoms with E-state index in [1.807, 2.05) is 7.05 Å². The Morgan fingerprint density at radius 2 is 1.61 bits per heavy atom. The van der Waals surface area contributed by atoms with Crippen LogP contribution in [0, 0.1) is 29.6 Å². The zero-order chi connectivity index (χ0) is 22.9. The van der Waals surface area contributed by atoms with E-state index in [9.17, 15) is 0 Å². The lowest BCUT2D eigenvalue weighted by molar-refractivity contribution is 0.168. The molecule has 0 saturated heterocycles. The van der Waals surface area contributed by atoms with Gasteiger partial charge < -0.3 is 4.99 Å². The molecule has 33 heavy (non-hydrogen) atoms. The lowest BCUT2D eigenvalue weighted by Gasteiger charge is -2.43. The lowest BCUT2D eigenvalue weighted by Crippen LogP contribution is -2.42. The van der Waals surface area contributed by atoms with Crippen LogP contribution in [0.3, 0.4) is 0 Å². The molecular formula is C30H45N3. The number of hydrogen-bond donors (Lipinski definition) is 0. The van der Waals surface area contributed by atoms with Crippen LogP contribution in [0.5, 0.6) is 0 Å². The third kappa shape index (κ3) is 6.43. The minimum absolute atomic E-state index is 0.406. The van der Waals surface area contributed by atoms with Crippen molar-refractivity contribution in [3.8, 4) is 0 Å². The van der Waals surface area contributed by atoms with Gasteiger partial charge >= 0.3 is 0 Å². The standard InChI is InChI=1S/C30H45N3/c1-31-21-24-14-11-17-26(20-24)30(33-22-23-12-5-3-6-13-23)28-19-10-9-18-27(28)29(32-2)25-15-7-4-8-16-25/h3,5-6,12-13,21-22,24-28,30H,4,7-11,14-20H2,1-2H3/b31-21+,32-29+,33-22+. The molecule has 5 atom stereocenters. The molecule has 3 nitrogen and oxygen atoms in total. The predicted octanol–water partition coefficient (Wildman–Crippen LogP) is 7.44. The van der Waals surface area contributed by atoms with Gasteiger partial charge in [-0.25, -0.2) is 0 Å². The Bertz CT molecular complexity index is 790. The fourth-order valence-corrected chi connectivity index (χ4v) is 7.20. The van der Waals surface area contributed by atoms with Crippen LogP contribution in [0.25, 0.3) is 0 Å². The maximum atomic E-state index is 5.42. The minimum Gasteiger partial charge on any atom is -0.301 e. The molecule has 0 spiro atoms. The number of hydrogen-bond acceptors (Lipinski definition) is 3. The van der Waals surface area contributed by atoms with E-state index in [1.165, 1.54) is 89.0 Å². The van der Waals surface area contributed by atoms with E-state index < -0.39 is 0 Å². The Labute approximate surface area is 202 Å². The van der Waals surface area contributed by atoms with Crippen molar-refractivity contribution in [3.63, 3.8) is 0 Å². The first kappa shape index (κ1) is 24.4. The zero-order valence-corrected chi connectivity index (χ0v) is 21.0. The Kier molecular flexibility index (Phi) is 9.32. The van der Waals surface area contributed by atoms with Gasteiger partial charge in [0.2, 0.25) is 0 Å². The maximum Gasteiger partial charge on any atom is 0.0562 e. The average Bonchev–Trinajstić information content (AvgIpc) is 2.87. The molecule has 1 aromatic rings. The maximum absolute atomic E-state index is 5.42. The Hall–Kier alpha value is -1.77. The van der Waals surface area contributed by atoms with E-state index in [-0.39, 0.29) is 0 Å². The summed E-state index contributed by atoms with van der Waals surface area (Å²) in [5.74, 6) is 3.28. The van der Waals surface area contributed by atoms with Crippen molar-refractivity contribution < 1.29 is 0 Å². The van der Waals surface area contributed by atoms with Gasteiger partial charge in [-0.3, -0.25) is 9.98 Å². The molecule has 0 aromatic heterocycles. The Morgan fingerprint density at radius 3 is 2.36 bits per heavy atom. The molecule has 180 valence electrons. The van der Waals surface area contributed by atoms with Crippen molar-refractivity contribution >= 4 is 18.1 Å². The van der Waals surface area contributed by atoms with Gasteiger partial charge in [0.15, 0.2) is 0 Å². The number of nitrogens with zero attached hydrogens (tertiary/aromatic N) is 3. The predicted molar refractivity (Wildman–Crippen MR) is 143 cm³/mol. The van der Waals surface area contributed by atoms with Gasteiger partial charge in [0, 0.05) is 38.2 Å². The van der Waals surface area contributed by atoms with Gasteiger partial charge in [-0.1, -0.05) is 68.9 Å². The van der Waals surface area contributed by atoms with Gasteiger partial charge in [-0.05, 0) is 74.2 Å². The zero-order valence-electron chi connectivity index (χ0n) is 21.0. The second-order valence-electron chi connectivity index (χ2n) is 10.8. The van der Waals surface area contributed by atoms with Crippen molar-refractivity contribution in [2.45, 2.75) is 89.5 Å². The first-order chi connectivity index (χ1) is 16.3. The Balaban J connectivity index is 1.62. The number of aliphatic imine (C=N–C) groups is 3. The molecular weight excluding hydrogens is 402 g/mol. The first-order valence-electron chi connectivity index (χ1n) is 13.8. The third-order valence-electron chi connectivity index (χ3n) is 8.71. The highest BCUT2D eigenvalue weighted by Gasteiger charge is 2.41. The summed E-state index contributed by atoms with van der Waals surface area (Å²) in [6, 6.07) is 11.1. The molecule has 3 saturated carbocycles. The highest BCUT2D eigenvalue weighted by atomic mass is 14.8. The van der Waals surface area contributed by atoms with Crippen molar-refractivity contribution in [3.05, 3.63) is 35.9 Å². The molecule has 0 amide bonds. The van der Waals surface area contributed by atoms with Gasteiger partial charge in [0.1, 0.15) is 0 Å². The average molecular weight is 448 g/mol. The SMILES string of the molecule is C/N=C/C1CCCC(C(/N=C/c2ccccc2)C2CCCCC2/C(=N/C)C2CCCCC2)C1. The second kappa shape index (κ2) is 12.6. The normalized spacial score (nSPS) is 31.3. The van der Waals surface area contributed by atoms with Crippen LogP contribution in [0.1, 0.15) is 89.0 Å². The van der Waals surface area contributed by atoms with Crippen LogP contribution < -0.4 is 0 Å². The minimum atomic E-state index is 0.406. The lowest BCUT2D eigenvalue weighted by atomic mass is 9.64. The van der Waals surface area contributed by atoms with E-state index in [2.05, 4.69) is 54.8 Å². The monoisotopic (exact) mass is 447 g/mol. The molecule has 5 unspecified atom stereocenters. The Morgan fingerprint density at radius 1 is 0.848 bits per heavy atom. The molecule has 3 fully saturated rings. The molecule has 0 heterocycles. The number of benzene rings is 1. The quantitative estimate of drug-likeness (QED) is 0.390. The summed E-state index contributed by atoms with van der Waals surface area (Å²) in [4.78, 5) is 14.8. The van der Waals surface area contributed by atoms with Crippen molar-refractivity contribution in [2.24, 2.45) is 44.6 Å². The van der Waals surface area contributed by atoms with Crippen LogP contribution in [0.4, 0.5) is 0 Å². The van der Waals surface area contributed by atoms with Crippen molar-refractivity contribution in [1.82, 2.24) is 0 Å². The van der Waals surface area contributed by atoms with E-state index in [1.54, 1.807) is 5.71 Å². The van der Waals surface area contributed by atoms with Gasteiger partial charge in [-0.2, -0.15) is 0 Å². The number of rotatable bonds is 7. The molecule has 3 aliphatic carbocycles. The van der Waals surface area contributed by atoms with Gasteiger partial charge in [-0.15, -0.1) is 0 Å². The topological polar surface area (TPSA) is 37.1 Å². The summed E-state index contributed by atoms with van der Waals surface area (Å²) >= 11 is 0.